The zero-order chi connectivity index (χ0) is 31.3. The van der Waals surface area contributed by atoms with Gasteiger partial charge in [0.25, 0.3) is 0 Å². The molecule has 0 N–H and O–H groups in total. The fourth-order valence-electron chi connectivity index (χ4n) is 7.76. The average molecular weight is 664 g/mol. The molecule has 10 rings (SSSR count). The molecule has 4 heterocycles. The van der Waals surface area contributed by atoms with Crippen molar-refractivity contribution >= 4 is 65.8 Å². The third-order valence-corrected chi connectivity index (χ3v) is 17.3. The topological polar surface area (TPSA) is 43.9 Å². The first-order chi connectivity index (χ1) is 23.1. The molecular weight excluding hydrogens is 635 g/mol. The van der Waals surface area contributed by atoms with E-state index in [9.17, 15) is 0 Å². The number of furan rings is 1. The van der Waals surface area contributed by atoms with E-state index in [-0.39, 0.29) is 0 Å². The van der Waals surface area contributed by atoms with Gasteiger partial charge in [-0.2, -0.15) is 0 Å². The van der Waals surface area contributed by atoms with Crippen molar-refractivity contribution in [2.75, 3.05) is 0 Å². The van der Waals surface area contributed by atoms with E-state index >= 15 is 0 Å². The van der Waals surface area contributed by atoms with Crippen LogP contribution in [0.4, 0.5) is 0 Å². The van der Waals surface area contributed by atoms with E-state index in [1.807, 2.05) is 12.1 Å². The van der Waals surface area contributed by atoms with Gasteiger partial charge in [0, 0.05) is 0 Å². The standard InChI is InChI=1S/C42H29GeN3O/c1-43(2)34-23-28(46-35-19-11-9-17-29(35)32-25-38-33(24-36(32)46)30-18-10-12-20-37(30)47-38)21-22-31(34)41-39(43)40(26-13-5-3-6-14-26)44-42(45-41)27-15-7-4-8-16-27/h3-25H,1-2H3. The Morgan fingerprint density at radius 1 is 0.532 bits per heavy atom. The van der Waals surface area contributed by atoms with Crippen LogP contribution >= 0.6 is 0 Å². The summed E-state index contributed by atoms with van der Waals surface area (Å²) in [7, 11) is 0. The van der Waals surface area contributed by atoms with Crippen LogP contribution in [0.5, 0.6) is 0 Å². The molecular formula is C42H29GeN3O. The molecule has 6 aromatic carbocycles. The van der Waals surface area contributed by atoms with Crippen molar-refractivity contribution in [1.29, 1.82) is 0 Å². The normalized spacial score (nSPS) is 13.5. The van der Waals surface area contributed by atoms with Crippen LogP contribution in [0, 0.1) is 0 Å². The van der Waals surface area contributed by atoms with Gasteiger partial charge in [0.15, 0.2) is 0 Å². The SMILES string of the molecule is [CH3][Ge]1([CH3])[c]2cc(-n3c4ccccc4c4cc5oc6ccccc6c5cc43)ccc2-c2nc(-c3ccccc3)nc(-c3ccccc3)[c]21. The second kappa shape index (κ2) is 9.77. The molecule has 0 atom stereocenters. The summed E-state index contributed by atoms with van der Waals surface area (Å²) in [6.45, 7) is 0. The predicted octanol–water partition coefficient (Wildman–Crippen LogP) is 9.61. The Labute approximate surface area is 274 Å². The summed E-state index contributed by atoms with van der Waals surface area (Å²) in [5.74, 6) is 5.77. The van der Waals surface area contributed by atoms with Crippen LogP contribution in [0.3, 0.4) is 0 Å². The van der Waals surface area contributed by atoms with E-state index in [0.717, 1.165) is 50.3 Å². The molecule has 0 fully saturated rings. The van der Waals surface area contributed by atoms with Gasteiger partial charge < -0.3 is 0 Å². The first kappa shape index (κ1) is 26.7. The summed E-state index contributed by atoms with van der Waals surface area (Å²) in [6, 6.07) is 49.6. The van der Waals surface area contributed by atoms with E-state index in [1.54, 1.807) is 0 Å². The fourth-order valence-corrected chi connectivity index (χ4v) is 14.5. The molecule has 0 aliphatic carbocycles. The van der Waals surface area contributed by atoms with Crippen LogP contribution in [0.15, 0.2) is 144 Å². The molecule has 4 nitrogen and oxygen atoms in total. The van der Waals surface area contributed by atoms with E-state index in [1.165, 1.54) is 41.8 Å². The van der Waals surface area contributed by atoms with Gasteiger partial charge in [-0.05, 0) is 0 Å². The molecule has 0 radical (unpaired) electrons. The number of para-hydroxylation sites is 2. The Hall–Kier alpha value is -5.46. The third-order valence-electron chi connectivity index (χ3n) is 9.97. The monoisotopic (exact) mass is 665 g/mol. The third kappa shape index (κ3) is 3.82. The van der Waals surface area contributed by atoms with Crippen LogP contribution in [0.2, 0.25) is 11.5 Å². The zero-order valence-corrected chi connectivity index (χ0v) is 28.1. The zero-order valence-electron chi connectivity index (χ0n) is 26.0. The molecule has 5 heteroatoms. The van der Waals surface area contributed by atoms with Crippen molar-refractivity contribution < 1.29 is 4.42 Å². The minimum absolute atomic E-state index is 0.775. The number of hydrogen-bond acceptors (Lipinski definition) is 3. The molecule has 3 aromatic heterocycles. The maximum absolute atomic E-state index is 6.32. The van der Waals surface area contributed by atoms with Gasteiger partial charge in [0.05, 0.1) is 0 Å². The van der Waals surface area contributed by atoms with Crippen LogP contribution in [-0.4, -0.2) is 27.8 Å². The molecule has 1 aliphatic heterocycles. The first-order valence-electron chi connectivity index (χ1n) is 16.1. The first-order valence-corrected chi connectivity index (χ1v) is 22.4. The molecule has 0 saturated carbocycles. The van der Waals surface area contributed by atoms with Crippen molar-refractivity contribution in [3.8, 4) is 39.6 Å². The molecule has 1 aliphatic rings. The number of nitrogens with zero attached hydrogens (tertiary/aromatic N) is 3. The van der Waals surface area contributed by atoms with Crippen molar-refractivity contribution in [3.63, 3.8) is 0 Å². The van der Waals surface area contributed by atoms with Gasteiger partial charge in [-0.25, -0.2) is 0 Å². The summed E-state index contributed by atoms with van der Waals surface area (Å²) in [5.41, 5.74) is 11.0. The molecule has 0 amide bonds. The molecule has 9 aromatic rings. The van der Waals surface area contributed by atoms with Crippen molar-refractivity contribution in [3.05, 3.63) is 140 Å². The van der Waals surface area contributed by atoms with Gasteiger partial charge >= 0.3 is 275 Å². The van der Waals surface area contributed by atoms with Crippen molar-refractivity contribution in [2.24, 2.45) is 0 Å². The van der Waals surface area contributed by atoms with Gasteiger partial charge in [-0.3, -0.25) is 0 Å². The van der Waals surface area contributed by atoms with Crippen molar-refractivity contribution in [1.82, 2.24) is 14.5 Å². The van der Waals surface area contributed by atoms with E-state index in [4.69, 9.17) is 14.4 Å². The van der Waals surface area contributed by atoms with Crippen LogP contribution in [0.1, 0.15) is 0 Å². The van der Waals surface area contributed by atoms with E-state index in [0.29, 0.717) is 0 Å². The average Bonchev–Trinajstić information content (AvgIpc) is 3.72. The summed E-state index contributed by atoms with van der Waals surface area (Å²) < 4.78 is 11.6. The van der Waals surface area contributed by atoms with Gasteiger partial charge in [0.2, 0.25) is 0 Å². The number of rotatable bonds is 3. The summed E-state index contributed by atoms with van der Waals surface area (Å²) >= 11 is -2.90. The quantitative estimate of drug-likeness (QED) is 0.177. The maximum atomic E-state index is 6.32. The van der Waals surface area contributed by atoms with E-state index < -0.39 is 13.3 Å². The Morgan fingerprint density at radius 3 is 2.02 bits per heavy atom. The number of benzene rings is 6. The fraction of sp³-hybridized carbons (Fsp3) is 0.0476. The van der Waals surface area contributed by atoms with Crippen LogP contribution in [0.25, 0.3) is 83.3 Å². The van der Waals surface area contributed by atoms with Gasteiger partial charge in [-0.15, -0.1) is 0 Å². The predicted molar refractivity (Wildman–Crippen MR) is 197 cm³/mol. The van der Waals surface area contributed by atoms with Crippen LogP contribution in [-0.2, 0) is 0 Å². The second-order valence-electron chi connectivity index (χ2n) is 13.0. The number of fused-ring (bicyclic) bond motifs is 9. The molecule has 0 spiro atoms. The number of hydrogen-bond donors (Lipinski definition) is 0. The van der Waals surface area contributed by atoms with Gasteiger partial charge in [-0.1, -0.05) is 0 Å². The molecule has 0 unspecified atom stereocenters. The molecule has 222 valence electrons. The Bertz CT molecular complexity index is 2710. The number of aromatic nitrogens is 3. The van der Waals surface area contributed by atoms with E-state index in [2.05, 4.69) is 143 Å². The van der Waals surface area contributed by atoms with Crippen molar-refractivity contribution in [2.45, 2.75) is 11.5 Å². The summed E-state index contributed by atoms with van der Waals surface area (Å²) in [4.78, 5) is 10.6. The Kier molecular flexibility index (Phi) is 5.56. The summed E-state index contributed by atoms with van der Waals surface area (Å²) in [5, 5.41) is 4.70. The molecule has 0 saturated heterocycles. The Morgan fingerprint density at radius 2 is 1.21 bits per heavy atom. The summed E-state index contributed by atoms with van der Waals surface area (Å²) in [6.07, 6.45) is 0. The molecule has 47 heavy (non-hydrogen) atoms. The van der Waals surface area contributed by atoms with Crippen LogP contribution < -0.4 is 8.79 Å². The van der Waals surface area contributed by atoms with Gasteiger partial charge in [0.1, 0.15) is 0 Å². The molecule has 0 bridgehead atoms. The Balaban J connectivity index is 1.24. The minimum atomic E-state index is -2.90. The second-order valence-corrected chi connectivity index (χ2v) is 22.0.